The first-order chi connectivity index (χ1) is 14.5. The van der Waals surface area contributed by atoms with Crippen molar-refractivity contribution in [2.75, 3.05) is 23.8 Å². The molecular formula is C22H19N5O3. The van der Waals surface area contributed by atoms with Crippen LogP contribution in [0.5, 0.6) is 0 Å². The van der Waals surface area contributed by atoms with Gasteiger partial charge in [0.1, 0.15) is 0 Å². The third kappa shape index (κ3) is 3.94. The average molecular weight is 401 g/mol. The number of anilines is 2. The molecule has 0 radical (unpaired) electrons. The Morgan fingerprint density at radius 1 is 1.00 bits per heavy atom. The predicted molar refractivity (Wildman–Crippen MR) is 113 cm³/mol. The standard InChI is InChI=1S/C22H19N5O3/c1-26(13-15-5-2-3-11-23-15)14-19(28)25-17-7-8-18(16-6-4-12-24-22(16)17)27-20(29)9-10-21(27)30/h2-12H,13-14H2,1H3,(H,25,28). The quantitative estimate of drug-likeness (QED) is 0.636. The number of pyridine rings is 2. The summed E-state index contributed by atoms with van der Waals surface area (Å²) in [4.78, 5) is 48.3. The van der Waals surface area contributed by atoms with Crippen LogP contribution >= 0.6 is 0 Å². The normalized spacial score (nSPS) is 13.5. The number of rotatable bonds is 6. The number of benzene rings is 1. The largest absolute Gasteiger partial charge is 0.323 e. The number of nitrogens with one attached hydrogen (secondary N) is 1. The molecule has 0 saturated heterocycles. The zero-order chi connectivity index (χ0) is 21.1. The predicted octanol–water partition coefficient (Wildman–Crippen LogP) is 2.13. The molecular weight excluding hydrogens is 382 g/mol. The van der Waals surface area contributed by atoms with Gasteiger partial charge in [0.15, 0.2) is 0 Å². The molecule has 0 saturated carbocycles. The number of aromatic nitrogens is 2. The van der Waals surface area contributed by atoms with E-state index in [1.54, 1.807) is 36.7 Å². The van der Waals surface area contributed by atoms with Gasteiger partial charge in [0, 0.05) is 36.5 Å². The third-order valence-electron chi connectivity index (χ3n) is 4.64. The van der Waals surface area contributed by atoms with Gasteiger partial charge in [-0.25, -0.2) is 4.90 Å². The van der Waals surface area contributed by atoms with Crippen molar-refractivity contribution in [1.82, 2.24) is 14.9 Å². The average Bonchev–Trinajstić information content (AvgIpc) is 3.07. The SMILES string of the molecule is CN(CC(=O)Nc1ccc(N2C(=O)C=CC2=O)c2cccnc12)Cc1ccccn1. The first kappa shape index (κ1) is 19.4. The van der Waals surface area contributed by atoms with Crippen molar-refractivity contribution < 1.29 is 14.4 Å². The van der Waals surface area contributed by atoms with Crippen molar-refractivity contribution in [2.45, 2.75) is 6.54 Å². The minimum atomic E-state index is -0.405. The van der Waals surface area contributed by atoms with Crippen molar-refractivity contribution in [3.8, 4) is 0 Å². The Hall–Kier alpha value is -3.91. The van der Waals surface area contributed by atoms with E-state index in [0.29, 0.717) is 28.8 Å². The number of carbonyl (C=O) groups is 3. The van der Waals surface area contributed by atoms with Gasteiger partial charge in [-0.05, 0) is 43.4 Å². The van der Waals surface area contributed by atoms with E-state index < -0.39 is 11.8 Å². The first-order valence-corrected chi connectivity index (χ1v) is 9.35. The molecule has 150 valence electrons. The minimum Gasteiger partial charge on any atom is -0.323 e. The summed E-state index contributed by atoms with van der Waals surface area (Å²) in [6.45, 7) is 0.706. The maximum Gasteiger partial charge on any atom is 0.258 e. The highest BCUT2D eigenvalue weighted by molar-refractivity contribution is 6.30. The van der Waals surface area contributed by atoms with E-state index in [-0.39, 0.29) is 12.5 Å². The summed E-state index contributed by atoms with van der Waals surface area (Å²) >= 11 is 0. The molecule has 0 atom stereocenters. The number of likely N-dealkylation sites (N-methyl/N-ethyl adjacent to an activating group) is 1. The van der Waals surface area contributed by atoms with E-state index in [2.05, 4.69) is 15.3 Å². The zero-order valence-corrected chi connectivity index (χ0v) is 16.3. The lowest BCUT2D eigenvalue weighted by Crippen LogP contribution is -2.31. The minimum absolute atomic E-state index is 0.166. The number of fused-ring (bicyclic) bond motifs is 1. The van der Waals surface area contributed by atoms with Crippen molar-refractivity contribution in [3.63, 3.8) is 0 Å². The molecule has 0 fully saturated rings. The molecule has 0 aliphatic carbocycles. The smallest absolute Gasteiger partial charge is 0.258 e. The van der Waals surface area contributed by atoms with E-state index >= 15 is 0 Å². The fourth-order valence-corrected chi connectivity index (χ4v) is 3.35. The van der Waals surface area contributed by atoms with Crippen LogP contribution in [-0.2, 0) is 20.9 Å². The fraction of sp³-hybridized carbons (Fsp3) is 0.136. The molecule has 1 aliphatic heterocycles. The molecule has 1 aliphatic rings. The highest BCUT2D eigenvalue weighted by Gasteiger charge is 2.27. The van der Waals surface area contributed by atoms with Crippen LogP contribution in [0.1, 0.15) is 5.69 Å². The van der Waals surface area contributed by atoms with Gasteiger partial charge < -0.3 is 5.32 Å². The second kappa shape index (κ2) is 8.22. The lowest BCUT2D eigenvalue weighted by molar-refractivity contribution is -0.120. The molecule has 8 heteroatoms. The number of carbonyl (C=O) groups excluding carboxylic acids is 3. The molecule has 1 aromatic carbocycles. The Bertz CT molecular complexity index is 1140. The summed E-state index contributed by atoms with van der Waals surface area (Å²) in [5, 5.41) is 3.47. The highest BCUT2D eigenvalue weighted by atomic mass is 16.2. The van der Waals surface area contributed by atoms with Gasteiger partial charge in [0.2, 0.25) is 5.91 Å². The van der Waals surface area contributed by atoms with Gasteiger partial charge in [-0.15, -0.1) is 0 Å². The van der Waals surface area contributed by atoms with Crippen molar-refractivity contribution in [3.05, 3.63) is 72.7 Å². The van der Waals surface area contributed by atoms with Crippen LogP contribution in [0.15, 0.2) is 67.0 Å². The topological polar surface area (TPSA) is 95.5 Å². The number of imide groups is 1. The molecule has 2 aromatic heterocycles. The summed E-state index contributed by atoms with van der Waals surface area (Å²) in [5.74, 6) is -1.01. The summed E-state index contributed by atoms with van der Waals surface area (Å²) in [6, 6.07) is 12.4. The number of amides is 3. The Labute approximate surface area is 172 Å². The lowest BCUT2D eigenvalue weighted by atomic mass is 10.1. The maximum absolute atomic E-state index is 12.6. The Kier molecular flexibility index (Phi) is 5.32. The van der Waals surface area contributed by atoms with Gasteiger partial charge in [-0.1, -0.05) is 6.07 Å². The summed E-state index contributed by atoms with van der Waals surface area (Å²) in [6.07, 6.45) is 5.78. The molecule has 8 nitrogen and oxygen atoms in total. The van der Waals surface area contributed by atoms with Crippen LogP contribution in [0.25, 0.3) is 10.9 Å². The number of hydrogen-bond acceptors (Lipinski definition) is 6. The van der Waals surface area contributed by atoms with E-state index in [1.807, 2.05) is 30.1 Å². The van der Waals surface area contributed by atoms with Crippen LogP contribution in [0.3, 0.4) is 0 Å². The summed E-state index contributed by atoms with van der Waals surface area (Å²) in [7, 11) is 1.84. The molecule has 3 heterocycles. The second-order valence-corrected chi connectivity index (χ2v) is 6.92. The lowest BCUT2D eigenvalue weighted by Gasteiger charge is -2.19. The van der Waals surface area contributed by atoms with Crippen LogP contribution in [0.2, 0.25) is 0 Å². The molecule has 3 amide bonds. The van der Waals surface area contributed by atoms with E-state index in [1.165, 1.54) is 12.2 Å². The monoisotopic (exact) mass is 401 g/mol. The molecule has 3 aromatic rings. The molecule has 1 N–H and O–H groups in total. The number of nitrogens with zero attached hydrogens (tertiary/aromatic N) is 4. The van der Waals surface area contributed by atoms with Gasteiger partial charge in [-0.3, -0.25) is 29.3 Å². The number of hydrogen-bond donors (Lipinski definition) is 1. The van der Waals surface area contributed by atoms with Gasteiger partial charge >= 0.3 is 0 Å². The molecule has 0 bridgehead atoms. The van der Waals surface area contributed by atoms with Crippen LogP contribution in [0, 0.1) is 0 Å². The van der Waals surface area contributed by atoms with Gasteiger partial charge in [0.05, 0.1) is 29.1 Å². The fourth-order valence-electron chi connectivity index (χ4n) is 3.35. The zero-order valence-electron chi connectivity index (χ0n) is 16.3. The molecule has 4 rings (SSSR count). The molecule has 0 spiro atoms. The highest BCUT2D eigenvalue weighted by Crippen LogP contribution is 2.32. The van der Waals surface area contributed by atoms with Gasteiger partial charge in [0.25, 0.3) is 11.8 Å². The van der Waals surface area contributed by atoms with Gasteiger partial charge in [-0.2, -0.15) is 0 Å². The summed E-state index contributed by atoms with van der Waals surface area (Å²) in [5.41, 5.74) is 2.32. The maximum atomic E-state index is 12.6. The molecule has 30 heavy (non-hydrogen) atoms. The van der Waals surface area contributed by atoms with Crippen LogP contribution < -0.4 is 10.2 Å². The van der Waals surface area contributed by atoms with E-state index in [9.17, 15) is 14.4 Å². The van der Waals surface area contributed by atoms with Crippen molar-refractivity contribution in [1.29, 1.82) is 0 Å². The Morgan fingerprint density at radius 3 is 2.50 bits per heavy atom. The third-order valence-corrected chi connectivity index (χ3v) is 4.64. The van der Waals surface area contributed by atoms with E-state index in [0.717, 1.165) is 10.6 Å². The molecule has 0 unspecified atom stereocenters. The Balaban J connectivity index is 1.53. The van der Waals surface area contributed by atoms with Crippen LogP contribution in [0.4, 0.5) is 11.4 Å². The Morgan fingerprint density at radius 2 is 1.77 bits per heavy atom. The summed E-state index contributed by atoms with van der Waals surface area (Å²) < 4.78 is 0. The van der Waals surface area contributed by atoms with Crippen molar-refractivity contribution >= 4 is 40.0 Å². The van der Waals surface area contributed by atoms with Crippen molar-refractivity contribution in [2.24, 2.45) is 0 Å². The van der Waals surface area contributed by atoms with Crippen LogP contribution in [-0.4, -0.2) is 46.2 Å². The first-order valence-electron chi connectivity index (χ1n) is 9.35. The van der Waals surface area contributed by atoms with E-state index in [4.69, 9.17) is 0 Å². The second-order valence-electron chi connectivity index (χ2n) is 6.92.